The van der Waals surface area contributed by atoms with Crippen LogP contribution in [0.5, 0.6) is 0 Å². The van der Waals surface area contributed by atoms with Gasteiger partial charge in [-0.05, 0) is 6.42 Å². The fraction of sp³-hybridized carbons (Fsp3) is 0.500. The number of rotatable bonds is 5. The van der Waals surface area contributed by atoms with Gasteiger partial charge >= 0.3 is 0 Å². The summed E-state index contributed by atoms with van der Waals surface area (Å²) in [6.07, 6.45) is 6.44. The lowest BCUT2D eigenvalue weighted by molar-refractivity contribution is 0.0979. The Morgan fingerprint density at radius 3 is 2.93 bits per heavy atom. The highest BCUT2D eigenvalue weighted by Gasteiger charge is 2.09. The van der Waals surface area contributed by atoms with Gasteiger partial charge in [0.25, 0.3) is 0 Å². The summed E-state index contributed by atoms with van der Waals surface area (Å²) in [5.74, 6) is 0.318. The van der Waals surface area contributed by atoms with Gasteiger partial charge in [-0.15, -0.1) is 0 Å². The number of ketones is 1. The Labute approximate surface area is 83.6 Å². The van der Waals surface area contributed by atoms with E-state index >= 15 is 0 Å². The van der Waals surface area contributed by atoms with E-state index in [-0.39, 0.29) is 11.6 Å². The van der Waals surface area contributed by atoms with Crippen molar-refractivity contribution in [2.24, 2.45) is 0 Å². The van der Waals surface area contributed by atoms with Crippen LogP contribution >= 0.6 is 0 Å². The number of hydrogen-bond acceptors (Lipinski definition) is 4. The van der Waals surface area contributed by atoms with Crippen LogP contribution in [0.4, 0.5) is 5.82 Å². The zero-order chi connectivity index (χ0) is 10.4. The van der Waals surface area contributed by atoms with Gasteiger partial charge < -0.3 is 5.73 Å². The summed E-state index contributed by atoms with van der Waals surface area (Å²) in [7, 11) is 0. The first-order chi connectivity index (χ1) is 6.75. The van der Waals surface area contributed by atoms with E-state index in [0.717, 1.165) is 19.3 Å². The predicted octanol–water partition coefficient (Wildman–Crippen LogP) is 1.82. The Morgan fingerprint density at radius 1 is 1.50 bits per heavy atom. The number of carbonyl (C=O) groups is 1. The van der Waals surface area contributed by atoms with Crippen molar-refractivity contribution in [1.82, 2.24) is 9.97 Å². The van der Waals surface area contributed by atoms with Gasteiger partial charge in [0.15, 0.2) is 5.78 Å². The van der Waals surface area contributed by atoms with E-state index in [4.69, 9.17) is 5.73 Å². The van der Waals surface area contributed by atoms with Crippen molar-refractivity contribution in [1.29, 1.82) is 0 Å². The molecule has 0 saturated heterocycles. The number of Topliss-reactive ketones (excluding diaryl/α,β-unsaturated/α-hetero) is 1. The molecule has 0 saturated carbocycles. The number of nitrogen functional groups attached to an aromatic ring is 1. The van der Waals surface area contributed by atoms with Gasteiger partial charge in [0, 0.05) is 12.6 Å². The fourth-order valence-electron chi connectivity index (χ4n) is 1.22. The summed E-state index contributed by atoms with van der Waals surface area (Å²) < 4.78 is 0. The molecule has 4 nitrogen and oxygen atoms in total. The molecular formula is C10H15N3O. The minimum Gasteiger partial charge on any atom is -0.383 e. The highest BCUT2D eigenvalue weighted by atomic mass is 16.1. The van der Waals surface area contributed by atoms with Gasteiger partial charge in [-0.25, -0.2) is 9.97 Å². The normalized spacial score (nSPS) is 10.1. The number of nitrogens with two attached hydrogens (primary N) is 1. The molecule has 0 atom stereocenters. The van der Waals surface area contributed by atoms with Gasteiger partial charge in [0.2, 0.25) is 0 Å². The van der Waals surface area contributed by atoms with Crippen molar-refractivity contribution in [3.05, 3.63) is 18.1 Å². The Hall–Kier alpha value is -1.45. The summed E-state index contributed by atoms with van der Waals surface area (Å²) in [6, 6.07) is 0. The summed E-state index contributed by atoms with van der Waals surface area (Å²) in [4.78, 5) is 19.1. The standard InChI is InChI=1S/C10H15N3O/c1-2-3-4-5-9(14)8-6-12-7-13-10(8)11/h6-7H,2-5H2,1H3,(H2,11,12,13). The van der Waals surface area contributed by atoms with E-state index in [2.05, 4.69) is 16.9 Å². The summed E-state index contributed by atoms with van der Waals surface area (Å²) in [5, 5.41) is 0. The van der Waals surface area contributed by atoms with E-state index in [1.165, 1.54) is 12.5 Å². The van der Waals surface area contributed by atoms with Gasteiger partial charge in [-0.2, -0.15) is 0 Å². The van der Waals surface area contributed by atoms with Crippen LogP contribution in [-0.2, 0) is 0 Å². The molecule has 0 unspecified atom stereocenters. The number of nitrogens with zero attached hydrogens (tertiary/aromatic N) is 2. The summed E-state index contributed by atoms with van der Waals surface area (Å²) in [6.45, 7) is 2.10. The molecule has 0 aromatic carbocycles. The van der Waals surface area contributed by atoms with Gasteiger partial charge in [0.1, 0.15) is 12.1 Å². The lowest BCUT2D eigenvalue weighted by Crippen LogP contribution is -2.06. The average molecular weight is 193 g/mol. The Morgan fingerprint density at radius 2 is 2.29 bits per heavy atom. The maximum atomic E-state index is 11.6. The Bertz CT molecular complexity index is 312. The van der Waals surface area contributed by atoms with Crippen molar-refractivity contribution in [2.45, 2.75) is 32.6 Å². The molecular weight excluding hydrogens is 178 g/mol. The Kier molecular flexibility index (Phi) is 4.04. The molecule has 0 radical (unpaired) electrons. The predicted molar refractivity (Wildman–Crippen MR) is 54.9 cm³/mol. The monoisotopic (exact) mass is 193 g/mol. The smallest absolute Gasteiger partial charge is 0.168 e. The molecule has 1 heterocycles. The molecule has 1 aromatic rings. The number of carbonyl (C=O) groups excluding carboxylic acids is 1. The number of aromatic nitrogens is 2. The van der Waals surface area contributed by atoms with E-state index in [1.54, 1.807) is 0 Å². The molecule has 2 N–H and O–H groups in total. The van der Waals surface area contributed by atoms with E-state index in [1.807, 2.05) is 0 Å². The van der Waals surface area contributed by atoms with Crippen LogP contribution in [0.3, 0.4) is 0 Å². The molecule has 0 fully saturated rings. The maximum absolute atomic E-state index is 11.6. The van der Waals surface area contributed by atoms with E-state index in [9.17, 15) is 4.79 Å². The highest BCUT2D eigenvalue weighted by molar-refractivity contribution is 5.99. The van der Waals surface area contributed by atoms with E-state index in [0.29, 0.717) is 12.0 Å². The third kappa shape index (κ3) is 2.80. The largest absolute Gasteiger partial charge is 0.383 e. The molecule has 0 aliphatic heterocycles. The van der Waals surface area contributed by atoms with Crippen LogP contribution in [0.1, 0.15) is 43.0 Å². The second kappa shape index (κ2) is 5.32. The van der Waals surface area contributed by atoms with Gasteiger partial charge in [0.05, 0.1) is 5.56 Å². The average Bonchev–Trinajstić information content (AvgIpc) is 2.18. The van der Waals surface area contributed by atoms with Crippen molar-refractivity contribution in [3.63, 3.8) is 0 Å². The van der Waals surface area contributed by atoms with Crippen LogP contribution in [0, 0.1) is 0 Å². The van der Waals surface area contributed by atoms with Crippen LogP contribution in [0.15, 0.2) is 12.5 Å². The quantitative estimate of drug-likeness (QED) is 0.572. The second-order valence-corrected chi connectivity index (χ2v) is 3.20. The molecule has 14 heavy (non-hydrogen) atoms. The SMILES string of the molecule is CCCCCC(=O)c1cncnc1N. The molecule has 0 aliphatic rings. The summed E-state index contributed by atoms with van der Waals surface area (Å²) in [5.41, 5.74) is 6.00. The summed E-state index contributed by atoms with van der Waals surface area (Å²) >= 11 is 0. The molecule has 4 heteroatoms. The topological polar surface area (TPSA) is 68.9 Å². The fourth-order valence-corrected chi connectivity index (χ4v) is 1.22. The van der Waals surface area contributed by atoms with Crippen LogP contribution in [-0.4, -0.2) is 15.8 Å². The second-order valence-electron chi connectivity index (χ2n) is 3.20. The van der Waals surface area contributed by atoms with Gasteiger partial charge in [-0.1, -0.05) is 19.8 Å². The Balaban J connectivity index is 2.56. The van der Waals surface area contributed by atoms with Crippen LogP contribution in [0.2, 0.25) is 0 Å². The first-order valence-corrected chi connectivity index (χ1v) is 4.84. The zero-order valence-electron chi connectivity index (χ0n) is 8.36. The number of hydrogen-bond donors (Lipinski definition) is 1. The minimum atomic E-state index is 0.0385. The van der Waals surface area contributed by atoms with E-state index < -0.39 is 0 Å². The van der Waals surface area contributed by atoms with Crippen molar-refractivity contribution in [3.8, 4) is 0 Å². The molecule has 0 aliphatic carbocycles. The molecule has 1 aromatic heterocycles. The molecule has 0 bridgehead atoms. The number of unbranched alkanes of at least 4 members (excludes halogenated alkanes) is 2. The van der Waals surface area contributed by atoms with Crippen LogP contribution < -0.4 is 5.73 Å². The molecule has 76 valence electrons. The van der Waals surface area contributed by atoms with Gasteiger partial charge in [-0.3, -0.25) is 4.79 Å². The first kappa shape index (κ1) is 10.6. The molecule has 0 spiro atoms. The van der Waals surface area contributed by atoms with Crippen molar-refractivity contribution >= 4 is 11.6 Å². The molecule has 1 rings (SSSR count). The minimum absolute atomic E-state index is 0.0385. The lowest BCUT2D eigenvalue weighted by atomic mass is 10.1. The molecule has 0 amide bonds. The third-order valence-corrected chi connectivity index (χ3v) is 2.05. The van der Waals surface area contributed by atoms with Crippen molar-refractivity contribution in [2.75, 3.05) is 5.73 Å². The first-order valence-electron chi connectivity index (χ1n) is 4.84. The third-order valence-electron chi connectivity index (χ3n) is 2.05. The highest BCUT2D eigenvalue weighted by Crippen LogP contribution is 2.11. The van der Waals surface area contributed by atoms with Crippen molar-refractivity contribution < 1.29 is 4.79 Å². The lowest BCUT2D eigenvalue weighted by Gasteiger charge is -2.01. The maximum Gasteiger partial charge on any atom is 0.168 e. The zero-order valence-corrected chi connectivity index (χ0v) is 8.36. The number of anilines is 1. The van der Waals surface area contributed by atoms with Crippen LogP contribution in [0.25, 0.3) is 0 Å².